The zero-order valence-electron chi connectivity index (χ0n) is 16.6. The van der Waals surface area contributed by atoms with Crippen molar-refractivity contribution in [2.75, 3.05) is 4.90 Å². The number of carboxylic acids is 1. The lowest BCUT2D eigenvalue weighted by atomic mass is 9.98. The van der Waals surface area contributed by atoms with E-state index in [1.807, 2.05) is 49.4 Å². The van der Waals surface area contributed by atoms with Crippen LogP contribution >= 0.6 is 0 Å². The predicted octanol–water partition coefficient (Wildman–Crippen LogP) is 4.23. The number of aromatic amines is 1. The Kier molecular flexibility index (Phi) is 4.36. The second-order valence-corrected chi connectivity index (χ2v) is 7.41. The van der Waals surface area contributed by atoms with Gasteiger partial charge in [0.25, 0.3) is 5.91 Å². The summed E-state index contributed by atoms with van der Waals surface area (Å²) in [5, 5.41) is 16.6. The van der Waals surface area contributed by atoms with Gasteiger partial charge in [-0.25, -0.2) is 4.79 Å². The Hall–Kier alpha value is -4.26. The third-order valence-corrected chi connectivity index (χ3v) is 5.45. The Balaban J connectivity index is 1.68. The number of benzene rings is 2. The van der Waals surface area contributed by atoms with Crippen LogP contribution in [0.3, 0.4) is 0 Å². The molecule has 0 saturated heterocycles. The van der Waals surface area contributed by atoms with Crippen LogP contribution in [-0.2, 0) is 0 Å². The smallest absolute Gasteiger partial charge is 0.335 e. The summed E-state index contributed by atoms with van der Waals surface area (Å²) in [7, 11) is 0. The molecule has 7 heteroatoms. The number of H-pyrrole nitrogens is 1. The number of aryl methyl sites for hydroxylation is 1. The summed E-state index contributed by atoms with van der Waals surface area (Å²) < 4.78 is 0. The molecule has 2 aromatic heterocycles. The molecule has 31 heavy (non-hydrogen) atoms. The van der Waals surface area contributed by atoms with Gasteiger partial charge in [-0.15, -0.1) is 0 Å². The van der Waals surface area contributed by atoms with Crippen LogP contribution in [0.15, 0.2) is 72.9 Å². The van der Waals surface area contributed by atoms with Crippen LogP contribution in [0.2, 0.25) is 0 Å². The SMILES string of the molecule is Cc1ccc(-c2n[nH]c3c2[C@H](c2ccccn2)N(c2ccc(C(=O)O)cc2)C3=O)cc1. The van der Waals surface area contributed by atoms with E-state index in [0.29, 0.717) is 22.8 Å². The molecule has 3 heterocycles. The van der Waals surface area contributed by atoms with Gasteiger partial charge >= 0.3 is 5.97 Å². The molecule has 0 saturated carbocycles. The highest BCUT2D eigenvalue weighted by atomic mass is 16.4. The van der Waals surface area contributed by atoms with E-state index in [1.54, 1.807) is 23.2 Å². The molecule has 2 N–H and O–H groups in total. The van der Waals surface area contributed by atoms with Gasteiger partial charge in [0.1, 0.15) is 11.7 Å². The van der Waals surface area contributed by atoms with Gasteiger partial charge in [-0.1, -0.05) is 35.9 Å². The fraction of sp³-hybridized carbons (Fsp3) is 0.0833. The molecular formula is C24H18N4O3. The van der Waals surface area contributed by atoms with Crippen molar-refractivity contribution in [3.8, 4) is 11.3 Å². The van der Waals surface area contributed by atoms with Crippen LogP contribution in [-0.4, -0.2) is 32.2 Å². The van der Waals surface area contributed by atoms with Crippen LogP contribution < -0.4 is 4.90 Å². The number of hydrogen-bond acceptors (Lipinski definition) is 4. The molecule has 0 spiro atoms. The molecule has 0 bridgehead atoms. The van der Waals surface area contributed by atoms with E-state index in [9.17, 15) is 14.7 Å². The zero-order valence-corrected chi connectivity index (χ0v) is 16.6. The molecule has 1 atom stereocenters. The third-order valence-electron chi connectivity index (χ3n) is 5.45. The summed E-state index contributed by atoms with van der Waals surface area (Å²) in [5.41, 5.74) is 5.35. The number of hydrogen-bond donors (Lipinski definition) is 2. The fourth-order valence-corrected chi connectivity index (χ4v) is 3.93. The second-order valence-electron chi connectivity index (χ2n) is 7.41. The molecule has 0 aliphatic carbocycles. The molecule has 4 aromatic rings. The molecule has 2 aromatic carbocycles. The van der Waals surface area contributed by atoms with Crippen molar-refractivity contribution in [3.05, 3.63) is 101 Å². The number of fused-ring (bicyclic) bond motifs is 1. The summed E-state index contributed by atoms with van der Waals surface area (Å²) in [6.07, 6.45) is 1.69. The standard InChI is InChI=1S/C24H18N4O3/c1-14-5-7-15(8-6-14)20-19-21(27-26-20)23(29)28(22(19)18-4-2-3-13-25-18)17-11-9-16(10-12-17)24(30)31/h2-13,22H,1H3,(H,26,27)(H,30,31)/t22-/m0/s1. The van der Waals surface area contributed by atoms with Crippen LogP contribution in [0, 0.1) is 6.92 Å². The number of carboxylic acid groups (broad SMARTS) is 1. The lowest BCUT2D eigenvalue weighted by molar-refractivity contribution is 0.0696. The average molecular weight is 410 g/mol. The first-order chi connectivity index (χ1) is 15.0. The van der Waals surface area contributed by atoms with Crippen LogP contribution in [0.1, 0.15) is 43.7 Å². The summed E-state index contributed by atoms with van der Waals surface area (Å²) in [6.45, 7) is 2.02. The minimum absolute atomic E-state index is 0.158. The van der Waals surface area contributed by atoms with Gasteiger partial charge in [-0.2, -0.15) is 5.10 Å². The van der Waals surface area contributed by atoms with E-state index >= 15 is 0 Å². The molecule has 0 radical (unpaired) electrons. The summed E-state index contributed by atoms with van der Waals surface area (Å²) in [5.74, 6) is -1.25. The van der Waals surface area contributed by atoms with E-state index in [4.69, 9.17) is 0 Å². The van der Waals surface area contributed by atoms with Gasteiger partial charge in [-0.3, -0.25) is 19.8 Å². The lowest BCUT2D eigenvalue weighted by Crippen LogP contribution is -2.29. The van der Waals surface area contributed by atoms with Crippen molar-refractivity contribution >= 4 is 17.6 Å². The van der Waals surface area contributed by atoms with Crippen LogP contribution in [0.4, 0.5) is 5.69 Å². The second kappa shape index (κ2) is 7.21. The first-order valence-electron chi connectivity index (χ1n) is 9.78. The number of carbonyl (C=O) groups excluding carboxylic acids is 1. The maximum atomic E-state index is 13.4. The van der Waals surface area contributed by atoms with Gasteiger partial charge < -0.3 is 5.11 Å². The molecule has 1 amide bonds. The van der Waals surface area contributed by atoms with Crippen molar-refractivity contribution < 1.29 is 14.7 Å². The van der Waals surface area contributed by atoms with Gasteiger partial charge in [-0.05, 0) is 43.3 Å². The minimum atomic E-state index is -1.02. The third kappa shape index (κ3) is 3.07. The van der Waals surface area contributed by atoms with E-state index in [1.165, 1.54) is 12.1 Å². The van der Waals surface area contributed by atoms with E-state index in [2.05, 4.69) is 15.2 Å². The molecule has 1 aliphatic rings. The summed E-state index contributed by atoms with van der Waals surface area (Å²) in [4.78, 5) is 30.8. The zero-order chi connectivity index (χ0) is 21.5. The number of carbonyl (C=O) groups is 2. The highest BCUT2D eigenvalue weighted by molar-refractivity contribution is 6.11. The van der Waals surface area contributed by atoms with Crippen molar-refractivity contribution in [1.29, 1.82) is 0 Å². The molecule has 1 aliphatic heterocycles. The topological polar surface area (TPSA) is 99.2 Å². The Bertz CT molecular complexity index is 1280. The average Bonchev–Trinajstić information content (AvgIpc) is 3.34. The Labute approximate surface area is 178 Å². The van der Waals surface area contributed by atoms with Crippen molar-refractivity contribution in [2.45, 2.75) is 13.0 Å². The number of aromatic nitrogens is 3. The highest BCUT2D eigenvalue weighted by Gasteiger charge is 2.43. The van der Waals surface area contributed by atoms with Crippen molar-refractivity contribution in [2.24, 2.45) is 0 Å². The maximum Gasteiger partial charge on any atom is 0.335 e. The highest BCUT2D eigenvalue weighted by Crippen LogP contribution is 2.44. The maximum absolute atomic E-state index is 13.4. The van der Waals surface area contributed by atoms with Gasteiger partial charge in [0.2, 0.25) is 0 Å². The molecule has 152 valence electrons. The van der Waals surface area contributed by atoms with E-state index < -0.39 is 12.0 Å². The Morgan fingerprint density at radius 2 is 1.77 bits per heavy atom. The summed E-state index contributed by atoms with van der Waals surface area (Å²) in [6, 6.07) is 19.3. The number of nitrogens with one attached hydrogen (secondary N) is 1. The largest absolute Gasteiger partial charge is 0.478 e. The number of amides is 1. The molecule has 0 fully saturated rings. The number of nitrogens with zero attached hydrogens (tertiary/aromatic N) is 3. The van der Waals surface area contributed by atoms with Crippen LogP contribution in [0.5, 0.6) is 0 Å². The number of pyridine rings is 1. The number of rotatable bonds is 4. The molecular weight excluding hydrogens is 392 g/mol. The lowest BCUT2D eigenvalue weighted by Gasteiger charge is -2.25. The number of aromatic carboxylic acids is 1. The fourth-order valence-electron chi connectivity index (χ4n) is 3.93. The predicted molar refractivity (Wildman–Crippen MR) is 115 cm³/mol. The van der Waals surface area contributed by atoms with Crippen molar-refractivity contribution in [3.63, 3.8) is 0 Å². The molecule has 5 rings (SSSR count). The first kappa shape index (κ1) is 18.7. The van der Waals surface area contributed by atoms with Crippen LogP contribution in [0.25, 0.3) is 11.3 Å². The van der Waals surface area contributed by atoms with Crippen molar-refractivity contribution in [1.82, 2.24) is 15.2 Å². The van der Waals surface area contributed by atoms with Gasteiger partial charge in [0.15, 0.2) is 0 Å². The quantitative estimate of drug-likeness (QED) is 0.525. The summed E-state index contributed by atoms with van der Waals surface area (Å²) >= 11 is 0. The van der Waals surface area contributed by atoms with Gasteiger partial charge in [0.05, 0.1) is 17.0 Å². The first-order valence-corrected chi connectivity index (χ1v) is 9.78. The van der Waals surface area contributed by atoms with E-state index in [0.717, 1.165) is 16.7 Å². The normalized spacial score (nSPS) is 15.2. The molecule has 0 unspecified atom stereocenters. The molecule has 7 nitrogen and oxygen atoms in total. The minimum Gasteiger partial charge on any atom is -0.478 e. The Morgan fingerprint density at radius 1 is 1.03 bits per heavy atom. The van der Waals surface area contributed by atoms with Gasteiger partial charge in [0, 0.05) is 23.0 Å². The van der Waals surface area contributed by atoms with E-state index in [-0.39, 0.29) is 11.5 Å². The monoisotopic (exact) mass is 410 g/mol. The number of anilines is 1. The Morgan fingerprint density at radius 3 is 2.42 bits per heavy atom.